The second-order valence-corrected chi connectivity index (χ2v) is 2.99. The van der Waals surface area contributed by atoms with Crippen molar-refractivity contribution in [2.45, 2.75) is 13.5 Å². The largest absolute Gasteiger partial charge is 0.399 e. The van der Waals surface area contributed by atoms with Crippen LogP contribution >= 0.6 is 0 Å². The van der Waals surface area contributed by atoms with Crippen molar-refractivity contribution in [2.24, 2.45) is 0 Å². The summed E-state index contributed by atoms with van der Waals surface area (Å²) in [5, 5.41) is 0. The van der Waals surface area contributed by atoms with Crippen molar-refractivity contribution in [3.63, 3.8) is 0 Å². The molecule has 0 aromatic heterocycles. The summed E-state index contributed by atoms with van der Waals surface area (Å²) in [4.78, 5) is 0. The lowest BCUT2D eigenvalue weighted by molar-refractivity contribution is 0.0453. The maximum Gasteiger partial charge on any atom is 0.0718 e. The Hall–Kier alpha value is -1.06. The van der Waals surface area contributed by atoms with Crippen molar-refractivity contribution in [2.75, 3.05) is 25.6 Å². The smallest absolute Gasteiger partial charge is 0.0718 e. The molecule has 0 saturated heterocycles. The van der Waals surface area contributed by atoms with Crippen LogP contribution < -0.4 is 5.73 Å². The number of nitrogen functional groups attached to an aromatic ring is 1. The Kier molecular flexibility index (Phi) is 5.04. The Morgan fingerprint density at radius 3 is 2.36 bits per heavy atom. The van der Waals surface area contributed by atoms with Crippen molar-refractivity contribution < 1.29 is 9.47 Å². The second-order valence-electron chi connectivity index (χ2n) is 2.99. The van der Waals surface area contributed by atoms with Crippen LogP contribution in [0.2, 0.25) is 0 Å². The minimum Gasteiger partial charge on any atom is -0.399 e. The van der Waals surface area contributed by atoms with Crippen LogP contribution in [0.15, 0.2) is 24.3 Å². The number of anilines is 1. The third kappa shape index (κ3) is 4.25. The fourth-order valence-corrected chi connectivity index (χ4v) is 1.07. The summed E-state index contributed by atoms with van der Waals surface area (Å²) < 4.78 is 10.5. The minimum atomic E-state index is 0.618. The van der Waals surface area contributed by atoms with Crippen LogP contribution in [0.4, 0.5) is 5.69 Å². The summed E-state index contributed by atoms with van der Waals surface area (Å²) in [6.45, 7) is 4.63. The zero-order chi connectivity index (χ0) is 10.2. The van der Waals surface area contributed by atoms with E-state index in [1.54, 1.807) is 0 Å². The van der Waals surface area contributed by atoms with E-state index in [-0.39, 0.29) is 0 Å². The average Bonchev–Trinajstić information content (AvgIpc) is 2.21. The van der Waals surface area contributed by atoms with E-state index >= 15 is 0 Å². The van der Waals surface area contributed by atoms with Gasteiger partial charge in [0, 0.05) is 12.3 Å². The summed E-state index contributed by atoms with van der Waals surface area (Å²) in [7, 11) is 0. The van der Waals surface area contributed by atoms with Gasteiger partial charge in [-0.1, -0.05) is 12.1 Å². The SMILES string of the molecule is CCOCCOCc1ccc(N)cc1. The van der Waals surface area contributed by atoms with Crippen LogP contribution in [0.3, 0.4) is 0 Å². The molecule has 2 N–H and O–H groups in total. The molecule has 0 aliphatic heterocycles. The third-order valence-electron chi connectivity index (χ3n) is 1.82. The molecule has 0 bridgehead atoms. The summed E-state index contributed by atoms with van der Waals surface area (Å²) in [5.74, 6) is 0. The second kappa shape index (κ2) is 6.40. The molecule has 0 unspecified atom stereocenters. The molecule has 0 spiro atoms. The number of hydrogen-bond acceptors (Lipinski definition) is 3. The highest BCUT2D eigenvalue weighted by molar-refractivity contribution is 5.39. The van der Waals surface area contributed by atoms with Crippen LogP contribution in [-0.4, -0.2) is 19.8 Å². The first-order valence-electron chi connectivity index (χ1n) is 4.83. The van der Waals surface area contributed by atoms with Crippen molar-refractivity contribution >= 4 is 5.69 Å². The van der Waals surface area contributed by atoms with E-state index in [2.05, 4.69) is 0 Å². The van der Waals surface area contributed by atoms with E-state index in [1.807, 2.05) is 31.2 Å². The van der Waals surface area contributed by atoms with E-state index in [0.29, 0.717) is 19.8 Å². The normalized spacial score (nSPS) is 10.4. The number of nitrogens with two attached hydrogens (primary N) is 1. The van der Waals surface area contributed by atoms with E-state index in [9.17, 15) is 0 Å². The molecule has 0 heterocycles. The third-order valence-corrected chi connectivity index (χ3v) is 1.82. The Morgan fingerprint density at radius 1 is 1.07 bits per heavy atom. The van der Waals surface area contributed by atoms with Gasteiger partial charge in [0.15, 0.2) is 0 Å². The summed E-state index contributed by atoms with van der Waals surface area (Å²) in [6, 6.07) is 7.69. The molecule has 0 amide bonds. The van der Waals surface area contributed by atoms with Crippen molar-refractivity contribution in [1.29, 1.82) is 0 Å². The Bertz CT molecular complexity index is 246. The predicted molar refractivity (Wildman–Crippen MR) is 57.0 cm³/mol. The molecular formula is C11H17NO2. The van der Waals surface area contributed by atoms with Gasteiger partial charge in [-0.05, 0) is 24.6 Å². The first-order valence-corrected chi connectivity index (χ1v) is 4.83. The topological polar surface area (TPSA) is 44.5 Å². The molecule has 0 radical (unpaired) electrons. The molecule has 78 valence electrons. The number of ether oxygens (including phenoxy) is 2. The van der Waals surface area contributed by atoms with Crippen LogP contribution in [0.1, 0.15) is 12.5 Å². The van der Waals surface area contributed by atoms with E-state index in [4.69, 9.17) is 15.2 Å². The van der Waals surface area contributed by atoms with Gasteiger partial charge < -0.3 is 15.2 Å². The summed E-state index contributed by atoms with van der Waals surface area (Å²) in [5.41, 5.74) is 7.48. The summed E-state index contributed by atoms with van der Waals surface area (Å²) >= 11 is 0. The van der Waals surface area contributed by atoms with Gasteiger partial charge in [-0.25, -0.2) is 0 Å². The van der Waals surface area contributed by atoms with E-state index in [0.717, 1.165) is 17.9 Å². The van der Waals surface area contributed by atoms with Crippen molar-refractivity contribution in [3.05, 3.63) is 29.8 Å². The number of rotatable bonds is 6. The van der Waals surface area contributed by atoms with Gasteiger partial charge in [0.2, 0.25) is 0 Å². The highest BCUT2D eigenvalue weighted by Gasteiger charge is 1.92. The molecule has 0 aliphatic carbocycles. The maximum absolute atomic E-state index is 5.56. The molecule has 14 heavy (non-hydrogen) atoms. The fraction of sp³-hybridized carbons (Fsp3) is 0.455. The van der Waals surface area contributed by atoms with Crippen molar-refractivity contribution in [1.82, 2.24) is 0 Å². The van der Waals surface area contributed by atoms with Gasteiger partial charge in [-0.2, -0.15) is 0 Å². The molecule has 1 aromatic carbocycles. The molecule has 1 aromatic rings. The zero-order valence-corrected chi connectivity index (χ0v) is 8.53. The van der Waals surface area contributed by atoms with E-state index in [1.165, 1.54) is 0 Å². The lowest BCUT2D eigenvalue weighted by Gasteiger charge is -2.04. The first kappa shape index (κ1) is 11.0. The molecule has 3 nitrogen and oxygen atoms in total. The van der Waals surface area contributed by atoms with E-state index < -0.39 is 0 Å². The van der Waals surface area contributed by atoms with Crippen LogP contribution in [0, 0.1) is 0 Å². The van der Waals surface area contributed by atoms with Crippen LogP contribution in [0.25, 0.3) is 0 Å². The highest BCUT2D eigenvalue weighted by Crippen LogP contribution is 2.06. The zero-order valence-electron chi connectivity index (χ0n) is 8.53. The molecule has 0 saturated carbocycles. The van der Waals surface area contributed by atoms with Crippen LogP contribution in [0.5, 0.6) is 0 Å². The van der Waals surface area contributed by atoms with Gasteiger partial charge in [0.25, 0.3) is 0 Å². The number of benzene rings is 1. The average molecular weight is 195 g/mol. The standard InChI is InChI=1S/C11H17NO2/c1-2-13-7-8-14-9-10-3-5-11(12)6-4-10/h3-6H,2,7-9,12H2,1H3. The molecular weight excluding hydrogens is 178 g/mol. The maximum atomic E-state index is 5.56. The van der Waals surface area contributed by atoms with Gasteiger partial charge in [0.05, 0.1) is 19.8 Å². The molecule has 3 heteroatoms. The lowest BCUT2D eigenvalue weighted by Crippen LogP contribution is -2.03. The lowest BCUT2D eigenvalue weighted by atomic mass is 10.2. The minimum absolute atomic E-state index is 0.618. The Labute approximate surface area is 84.8 Å². The van der Waals surface area contributed by atoms with Gasteiger partial charge in [-0.15, -0.1) is 0 Å². The van der Waals surface area contributed by atoms with Gasteiger partial charge >= 0.3 is 0 Å². The summed E-state index contributed by atoms with van der Waals surface area (Å²) in [6.07, 6.45) is 0. The van der Waals surface area contributed by atoms with Gasteiger partial charge in [0.1, 0.15) is 0 Å². The monoisotopic (exact) mass is 195 g/mol. The number of hydrogen-bond donors (Lipinski definition) is 1. The quantitative estimate of drug-likeness (QED) is 0.556. The Morgan fingerprint density at radius 2 is 1.71 bits per heavy atom. The first-order chi connectivity index (χ1) is 6.83. The van der Waals surface area contributed by atoms with Crippen LogP contribution in [-0.2, 0) is 16.1 Å². The highest BCUT2D eigenvalue weighted by atomic mass is 16.5. The molecule has 0 fully saturated rings. The molecule has 1 rings (SSSR count). The van der Waals surface area contributed by atoms with Crippen molar-refractivity contribution in [3.8, 4) is 0 Å². The molecule has 0 aliphatic rings. The predicted octanol–water partition coefficient (Wildman–Crippen LogP) is 1.82. The molecule has 0 atom stereocenters. The fourth-order valence-electron chi connectivity index (χ4n) is 1.07. The Balaban J connectivity index is 2.15. The van der Waals surface area contributed by atoms with Gasteiger partial charge in [-0.3, -0.25) is 0 Å².